The average molecular weight is 257 g/mol. The monoisotopic (exact) mass is 257 g/mol. The normalized spacial score (nSPS) is 27.6. The van der Waals surface area contributed by atoms with Crippen molar-refractivity contribution in [3.05, 3.63) is 30.2 Å². The molecule has 1 saturated heterocycles. The van der Waals surface area contributed by atoms with Crippen LogP contribution in [0.25, 0.3) is 6.20 Å². The second-order valence-electron chi connectivity index (χ2n) is 4.77. The van der Waals surface area contributed by atoms with Gasteiger partial charge in [0.2, 0.25) is 0 Å². The number of fused-ring (bicyclic) bond motifs is 3. The summed E-state index contributed by atoms with van der Waals surface area (Å²) in [5.41, 5.74) is 1.06. The number of rotatable bonds is 2. The summed E-state index contributed by atoms with van der Waals surface area (Å²) in [7, 11) is 0. The summed E-state index contributed by atoms with van der Waals surface area (Å²) in [6.07, 6.45) is 6.28. The van der Waals surface area contributed by atoms with Crippen LogP contribution < -0.4 is 0 Å². The number of aromatic nitrogens is 1. The maximum absolute atomic E-state index is 12.0. The Hall–Kier alpha value is -2.22. The standard InChI is InChI=1S/C14H15N3O2/c1-2-19-14(18)12-8-10(9-15)13-11-4-3-5-16(11)6-7-17(12)13/h3-7,10,12-13H,2,8H2,1H3/t10-,12-,13+/m1/s1. The zero-order chi connectivity index (χ0) is 13.4. The predicted molar refractivity (Wildman–Crippen MR) is 68.5 cm³/mol. The van der Waals surface area contributed by atoms with E-state index in [9.17, 15) is 10.1 Å². The number of esters is 1. The fraction of sp³-hybridized carbons (Fsp3) is 0.429. The van der Waals surface area contributed by atoms with Gasteiger partial charge in [0.25, 0.3) is 0 Å². The molecule has 5 heteroatoms. The van der Waals surface area contributed by atoms with Crippen molar-refractivity contribution < 1.29 is 9.53 Å². The van der Waals surface area contributed by atoms with Crippen molar-refractivity contribution in [3.63, 3.8) is 0 Å². The molecule has 1 fully saturated rings. The lowest BCUT2D eigenvalue weighted by molar-refractivity contribution is -0.147. The van der Waals surface area contributed by atoms with E-state index in [0.29, 0.717) is 13.0 Å². The van der Waals surface area contributed by atoms with Crippen LogP contribution in [0.4, 0.5) is 0 Å². The Morgan fingerprint density at radius 1 is 1.58 bits per heavy atom. The van der Waals surface area contributed by atoms with E-state index < -0.39 is 0 Å². The molecule has 0 saturated carbocycles. The largest absolute Gasteiger partial charge is 0.464 e. The molecule has 1 aromatic rings. The van der Waals surface area contributed by atoms with Crippen LogP contribution >= 0.6 is 0 Å². The van der Waals surface area contributed by atoms with Crippen LogP contribution in [0.2, 0.25) is 0 Å². The van der Waals surface area contributed by atoms with Gasteiger partial charge in [0.05, 0.1) is 24.6 Å². The van der Waals surface area contributed by atoms with E-state index in [1.165, 1.54) is 0 Å². The highest BCUT2D eigenvalue weighted by atomic mass is 16.5. The number of carbonyl (C=O) groups excluding carboxylic acids is 1. The van der Waals surface area contributed by atoms with E-state index in [0.717, 1.165) is 5.69 Å². The molecule has 0 aromatic carbocycles. The maximum atomic E-state index is 12.0. The third-order valence-electron chi connectivity index (χ3n) is 3.78. The molecule has 19 heavy (non-hydrogen) atoms. The van der Waals surface area contributed by atoms with Gasteiger partial charge in [0, 0.05) is 24.3 Å². The Kier molecular flexibility index (Phi) is 2.79. The third-order valence-corrected chi connectivity index (χ3v) is 3.78. The molecule has 98 valence electrons. The first kappa shape index (κ1) is 11.8. The Balaban J connectivity index is 1.96. The zero-order valence-electron chi connectivity index (χ0n) is 10.7. The highest BCUT2D eigenvalue weighted by Gasteiger charge is 2.46. The molecule has 5 nitrogen and oxygen atoms in total. The van der Waals surface area contributed by atoms with Crippen LogP contribution in [0, 0.1) is 17.2 Å². The van der Waals surface area contributed by atoms with Gasteiger partial charge in [-0.05, 0) is 25.5 Å². The van der Waals surface area contributed by atoms with Gasteiger partial charge in [-0.3, -0.25) is 0 Å². The second kappa shape index (κ2) is 4.47. The number of hydrogen-bond acceptors (Lipinski definition) is 4. The summed E-state index contributed by atoms with van der Waals surface area (Å²) in [4.78, 5) is 14.0. The highest BCUT2D eigenvalue weighted by Crippen LogP contribution is 2.43. The van der Waals surface area contributed by atoms with Gasteiger partial charge in [-0.2, -0.15) is 5.26 Å². The summed E-state index contributed by atoms with van der Waals surface area (Å²) in [5, 5.41) is 9.34. The minimum absolute atomic E-state index is 0.0561. The molecule has 0 bridgehead atoms. The lowest BCUT2D eigenvalue weighted by atomic mass is 9.98. The van der Waals surface area contributed by atoms with Gasteiger partial charge < -0.3 is 14.2 Å². The average Bonchev–Trinajstić information content (AvgIpc) is 3.02. The van der Waals surface area contributed by atoms with Gasteiger partial charge in [0.1, 0.15) is 6.04 Å². The van der Waals surface area contributed by atoms with E-state index in [-0.39, 0.29) is 24.0 Å². The molecule has 2 aliphatic rings. The zero-order valence-corrected chi connectivity index (χ0v) is 10.7. The molecule has 2 aliphatic heterocycles. The van der Waals surface area contributed by atoms with E-state index in [1.807, 2.05) is 40.2 Å². The van der Waals surface area contributed by atoms with Gasteiger partial charge in [0.15, 0.2) is 0 Å². The molecule has 3 rings (SSSR count). The van der Waals surface area contributed by atoms with Crippen molar-refractivity contribution in [3.8, 4) is 6.07 Å². The Morgan fingerprint density at radius 2 is 2.42 bits per heavy atom. The molecule has 1 aromatic heterocycles. The molecule has 0 radical (unpaired) electrons. The molecular formula is C14H15N3O2. The van der Waals surface area contributed by atoms with Crippen LogP contribution in [0.1, 0.15) is 25.1 Å². The summed E-state index contributed by atoms with van der Waals surface area (Å²) in [5.74, 6) is -0.428. The van der Waals surface area contributed by atoms with Crippen LogP contribution in [0.3, 0.4) is 0 Å². The van der Waals surface area contributed by atoms with E-state index in [1.54, 1.807) is 6.92 Å². The first-order valence-electron chi connectivity index (χ1n) is 6.45. The highest BCUT2D eigenvalue weighted by molar-refractivity contribution is 5.77. The lowest BCUT2D eigenvalue weighted by Crippen LogP contribution is -2.36. The predicted octanol–water partition coefficient (Wildman–Crippen LogP) is 1.75. The van der Waals surface area contributed by atoms with Crippen LogP contribution in [-0.2, 0) is 9.53 Å². The number of carbonyl (C=O) groups is 1. The number of hydrogen-bond donors (Lipinski definition) is 0. The quantitative estimate of drug-likeness (QED) is 0.757. The number of nitrogens with zero attached hydrogens (tertiary/aromatic N) is 3. The fourth-order valence-corrected chi connectivity index (χ4v) is 2.97. The van der Waals surface area contributed by atoms with E-state index >= 15 is 0 Å². The second-order valence-corrected chi connectivity index (χ2v) is 4.77. The van der Waals surface area contributed by atoms with Gasteiger partial charge >= 0.3 is 5.97 Å². The molecule has 3 heterocycles. The third kappa shape index (κ3) is 1.72. The number of nitriles is 1. The minimum Gasteiger partial charge on any atom is -0.464 e. The smallest absolute Gasteiger partial charge is 0.328 e. The fourth-order valence-electron chi connectivity index (χ4n) is 2.97. The molecule has 0 unspecified atom stereocenters. The summed E-state index contributed by atoms with van der Waals surface area (Å²) in [6.45, 7) is 2.16. The van der Waals surface area contributed by atoms with Gasteiger partial charge in [-0.15, -0.1) is 0 Å². The molecule has 3 atom stereocenters. The summed E-state index contributed by atoms with van der Waals surface area (Å²) in [6, 6.07) is 5.87. The van der Waals surface area contributed by atoms with Crippen LogP contribution in [0.5, 0.6) is 0 Å². The Bertz CT molecular complexity index is 569. The minimum atomic E-state index is -0.352. The first-order chi connectivity index (χ1) is 9.26. The Labute approximate surface area is 111 Å². The summed E-state index contributed by atoms with van der Waals surface area (Å²) < 4.78 is 7.11. The van der Waals surface area contributed by atoms with Crippen LogP contribution in [-0.4, -0.2) is 28.1 Å². The van der Waals surface area contributed by atoms with Crippen molar-refractivity contribution in [2.75, 3.05) is 6.61 Å². The van der Waals surface area contributed by atoms with Crippen molar-refractivity contribution in [2.24, 2.45) is 5.92 Å². The van der Waals surface area contributed by atoms with Crippen molar-refractivity contribution in [2.45, 2.75) is 25.4 Å². The van der Waals surface area contributed by atoms with E-state index in [2.05, 4.69) is 6.07 Å². The number of ether oxygens (including phenoxy) is 1. The molecule has 0 N–H and O–H groups in total. The van der Waals surface area contributed by atoms with Crippen molar-refractivity contribution in [1.82, 2.24) is 9.47 Å². The van der Waals surface area contributed by atoms with Gasteiger partial charge in [-0.1, -0.05) is 0 Å². The first-order valence-corrected chi connectivity index (χ1v) is 6.45. The molecule has 0 aliphatic carbocycles. The Morgan fingerprint density at radius 3 is 3.16 bits per heavy atom. The van der Waals surface area contributed by atoms with Crippen LogP contribution in [0.15, 0.2) is 24.5 Å². The topological polar surface area (TPSA) is 58.3 Å². The van der Waals surface area contributed by atoms with Crippen molar-refractivity contribution >= 4 is 12.2 Å². The van der Waals surface area contributed by atoms with Gasteiger partial charge in [-0.25, -0.2) is 4.79 Å². The molecular weight excluding hydrogens is 242 g/mol. The molecule has 0 spiro atoms. The maximum Gasteiger partial charge on any atom is 0.328 e. The van der Waals surface area contributed by atoms with Crippen molar-refractivity contribution in [1.29, 1.82) is 5.26 Å². The lowest BCUT2D eigenvalue weighted by Gasteiger charge is -2.31. The molecule has 0 amide bonds. The summed E-state index contributed by atoms with van der Waals surface area (Å²) >= 11 is 0. The SMILES string of the molecule is CCOC(=O)[C@H]1C[C@H](C#N)[C@H]2c3cccn3C=CN12. The van der Waals surface area contributed by atoms with E-state index in [4.69, 9.17) is 4.74 Å².